The van der Waals surface area contributed by atoms with Gasteiger partial charge in [0.1, 0.15) is 5.82 Å². The Labute approximate surface area is 134 Å². The van der Waals surface area contributed by atoms with Crippen LogP contribution in [0.15, 0.2) is 47.4 Å². The van der Waals surface area contributed by atoms with Crippen LogP contribution < -0.4 is 10.0 Å². The largest absolute Gasteiger partial charge is 0.322 e. The summed E-state index contributed by atoms with van der Waals surface area (Å²) >= 11 is 0. The van der Waals surface area contributed by atoms with Crippen LogP contribution in [0.1, 0.15) is 22.8 Å². The van der Waals surface area contributed by atoms with Crippen LogP contribution in [-0.4, -0.2) is 20.9 Å². The van der Waals surface area contributed by atoms with Crippen molar-refractivity contribution in [3.63, 3.8) is 0 Å². The Morgan fingerprint density at radius 3 is 2.57 bits per heavy atom. The first-order valence-corrected chi connectivity index (χ1v) is 8.49. The molecule has 2 aromatic carbocycles. The van der Waals surface area contributed by atoms with Crippen molar-refractivity contribution in [2.75, 3.05) is 11.9 Å². The van der Waals surface area contributed by atoms with Crippen LogP contribution in [-0.2, 0) is 10.0 Å². The standard InChI is InChI=1S/C16H17FN2O3S/c1-3-18-23(21,22)14-8-7-11(2)15(10-14)16(20)19-13-6-4-5-12(17)9-13/h4-10,18H,3H2,1-2H3,(H,19,20). The molecular weight excluding hydrogens is 319 g/mol. The number of amides is 1. The molecule has 0 unspecified atom stereocenters. The number of sulfonamides is 1. The molecule has 2 aromatic rings. The van der Waals surface area contributed by atoms with E-state index in [0.717, 1.165) is 0 Å². The van der Waals surface area contributed by atoms with Crippen LogP contribution in [0, 0.1) is 12.7 Å². The SMILES string of the molecule is CCNS(=O)(=O)c1ccc(C)c(C(=O)Nc2cccc(F)c2)c1. The first-order chi connectivity index (χ1) is 10.8. The van der Waals surface area contributed by atoms with E-state index in [1.54, 1.807) is 26.0 Å². The minimum absolute atomic E-state index is 0.00865. The van der Waals surface area contributed by atoms with Crippen LogP contribution in [0.5, 0.6) is 0 Å². The van der Waals surface area contributed by atoms with E-state index < -0.39 is 21.7 Å². The van der Waals surface area contributed by atoms with Crippen molar-refractivity contribution in [1.82, 2.24) is 4.72 Å². The van der Waals surface area contributed by atoms with Crippen molar-refractivity contribution in [1.29, 1.82) is 0 Å². The van der Waals surface area contributed by atoms with Crippen LogP contribution in [0.3, 0.4) is 0 Å². The Kier molecular flexibility index (Phi) is 5.12. The monoisotopic (exact) mass is 336 g/mol. The summed E-state index contributed by atoms with van der Waals surface area (Å²) in [7, 11) is -3.65. The Balaban J connectivity index is 2.33. The second-order valence-electron chi connectivity index (χ2n) is 4.94. The molecule has 2 N–H and O–H groups in total. The van der Waals surface area contributed by atoms with Gasteiger partial charge in [-0.3, -0.25) is 4.79 Å². The maximum absolute atomic E-state index is 13.2. The molecule has 0 atom stereocenters. The summed E-state index contributed by atoms with van der Waals surface area (Å²) < 4.78 is 39.6. The van der Waals surface area contributed by atoms with E-state index in [0.29, 0.717) is 11.3 Å². The molecule has 122 valence electrons. The molecule has 0 heterocycles. The topological polar surface area (TPSA) is 75.3 Å². The normalized spacial score (nSPS) is 11.3. The Hall–Kier alpha value is -2.25. The highest BCUT2D eigenvalue weighted by molar-refractivity contribution is 7.89. The zero-order valence-electron chi connectivity index (χ0n) is 12.8. The lowest BCUT2D eigenvalue weighted by Gasteiger charge is -2.10. The third-order valence-corrected chi connectivity index (χ3v) is 4.72. The van der Waals surface area contributed by atoms with Crippen molar-refractivity contribution in [2.45, 2.75) is 18.7 Å². The van der Waals surface area contributed by atoms with Gasteiger partial charge in [-0.1, -0.05) is 19.1 Å². The van der Waals surface area contributed by atoms with Gasteiger partial charge in [-0.25, -0.2) is 17.5 Å². The van der Waals surface area contributed by atoms with Gasteiger partial charge in [-0.05, 0) is 42.8 Å². The number of hydrogen-bond donors (Lipinski definition) is 2. The van der Waals surface area contributed by atoms with Gasteiger partial charge in [-0.15, -0.1) is 0 Å². The second-order valence-corrected chi connectivity index (χ2v) is 6.71. The molecule has 7 heteroatoms. The van der Waals surface area contributed by atoms with E-state index in [2.05, 4.69) is 10.0 Å². The Morgan fingerprint density at radius 1 is 1.17 bits per heavy atom. The number of rotatable bonds is 5. The lowest BCUT2D eigenvalue weighted by molar-refractivity contribution is 0.102. The van der Waals surface area contributed by atoms with Crippen molar-refractivity contribution in [2.24, 2.45) is 0 Å². The molecule has 23 heavy (non-hydrogen) atoms. The van der Waals surface area contributed by atoms with E-state index in [1.807, 2.05) is 0 Å². The Bertz CT molecular complexity index is 835. The highest BCUT2D eigenvalue weighted by Crippen LogP contribution is 2.18. The number of hydrogen-bond acceptors (Lipinski definition) is 3. The number of carbonyl (C=O) groups is 1. The molecule has 0 saturated carbocycles. The first-order valence-electron chi connectivity index (χ1n) is 7.00. The zero-order valence-corrected chi connectivity index (χ0v) is 13.6. The molecule has 2 rings (SSSR count). The van der Waals surface area contributed by atoms with Crippen LogP contribution in [0.25, 0.3) is 0 Å². The average molecular weight is 336 g/mol. The predicted octanol–water partition coefficient (Wildman–Crippen LogP) is 2.68. The van der Waals surface area contributed by atoms with E-state index in [1.165, 1.54) is 30.3 Å². The summed E-state index contributed by atoms with van der Waals surface area (Å²) in [6, 6.07) is 9.79. The molecule has 0 aliphatic carbocycles. The van der Waals surface area contributed by atoms with Crippen molar-refractivity contribution in [3.8, 4) is 0 Å². The van der Waals surface area contributed by atoms with Crippen molar-refractivity contribution >= 4 is 21.6 Å². The third-order valence-electron chi connectivity index (χ3n) is 3.18. The fraction of sp³-hybridized carbons (Fsp3) is 0.188. The maximum atomic E-state index is 13.2. The molecule has 5 nitrogen and oxygen atoms in total. The minimum atomic E-state index is -3.65. The summed E-state index contributed by atoms with van der Waals surface area (Å²) in [4.78, 5) is 12.3. The lowest BCUT2D eigenvalue weighted by Crippen LogP contribution is -2.24. The molecule has 0 radical (unpaired) electrons. The molecule has 1 amide bonds. The van der Waals surface area contributed by atoms with Gasteiger partial charge in [-0.2, -0.15) is 0 Å². The lowest BCUT2D eigenvalue weighted by atomic mass is 10.1. The van der Waals surface area contributed by atoms with Gasteiger partial charge in [0.15, 0.2) is 0 Å². The molecule has 0 spiro atoms. The fourth-order valence-electron chi connectivity index (χ4n) is 2.05. The quantitative estimate of drug-likeness (QED) is 0.881. The number of carbonyl (C=O) groups excluding carboxylic acids is 1. The summed E-state index contributed by atoms with van der Waals surface area (Å²) in [6.07, 6.45) is 0. The highest BCUT2D eigenvalue weighted by Gasteiger charge is 2.17. The number of anilines is 1. The molecule has 0 bridgehead atoms. The second kappa shape index (κ2) is 6.89. The molecular formula is C16H17FN2O3S. The number of aryl methyl sites for hydroxylation is 1. The Morgan fingerprint density at radius 2 is 1.91 bits per heavy atom. The molecule has 0 saturated heterocycles. The minimum Gasteiger partial charge on any atom is -0.322 e. The number of nitrogens with one attached hydrogen (secondary N) is 2. The fourth-order valence-corrected chi connectivity index (χ4v) is 3.12. The van der Waals surface area contributed by atoms with Gasteiger partial charge in [0, 0.05) is 17.8 Å². The van der Waals surface area contributed by atoms with Crippen molar-refractivity contribution < 1.29 is 17.6 Å². The van der Waals surface area contributed by atoms with Crippen LogP contribution >= 0.6 is 0 Å². The summed E-state index contributed by atoms with van der Waals surface area (Å²) in [5, 5.41) is 2.56. The summed E-state index contributed by atoms with van der Waals surface area (Å²) in [5.74, 6) is -0.968. The van der Waals surface area contributed by atoms with Crippen LogP contribution in [0.4, 0.5) is 10.1 Å². The molecule has 0 fully saturated rings. The molecule has 0 aromatic heterocycles. The maximum Gasteiger partial charge on any atom is 0.255 e. The zero-order chi connectivity index (χ0) is 17.0. The van der Waals surface area contributed by atoms with E-state index >= 15 is 0 Å². The van der Waals surface area contributed by atoms with Gasteiger partial charge in [0.05, 0.1) is 4.90 Å². The number of halogens is 1. The average Bonchev–Trinajstić information content (AvgIpc) is 2.47. The molecule has 0 aliphatic rings. The van der Waals surface area contributed by atoms with E-state index in [-0.39, 0.29) is 17.0 Å². The van der Waals surface area contributed by atoms with Gasteiger partial charge >= 0.3 is 0 Å². The van der Waals surface area contributed by atoms with E-state index in [4.69, 9.17) is 0 Å². The first kappa shape index (κ1) is 17.1. The highest BCUT2D eigenvalue weighted by atomic mass is 32.2. The number of benzene rings is 2. The van der Waals surface area contributed by atoms with E-state index in [9.17, 15) is 17.6 Å². The van der Waals surface area contributed by atoms with Crippen molar-refractivity contribution in [3.05, 3.63) is 59.4 Å². The third kappa shape index (κ3) is 4.14. The van der Waals surface area contributed by atoms with Crippen LogP contribution in [0.2, 0.25) is 0 Å². The van der Waals surface area contributed by atoms with Gasteiger partial charge < -0.3 is 5.32 Å². The summed E-state index contributed by atoms with van der Waals surface area (Å²) in [5.41, 5.74) is 1.14. The summed E-state index contributed by atoms with van der Waals surface area (Å²) in [6.45, 7) is 3.62. The molecule has 0 aliphatic heterocycles. The van der Waals surface area contributed by atoms with Gasteiger partial charge in [0.25, 0.3) is 5.91 Å². The van der Waals surface area contributed by atoms with Gasteiger partial charge in [0.2, 0.25) is 10.0 Å². The predicted molar refractivity (Wildman–Crippen MR) is 86.4 cm³/mol. The smallest absolute Gasteiger partial charge is 0.255 e.